The van der Waals surface area contributed by atoms with E-state index in [1.54, 1.807) is 11.8 Å². The van der Waals surface area contributed by atoms with Crippen molar-refractivity contribution in [2.24, 2.45) is 0 Å². The molecular formula is C19H17N3O2. The smallest absolute Gasteiger partial charge is 0.223 e. The Kier molecular flexibility index (Phi) is 3.23. The summed E-state index contributed by atoms with van der Waals surface area (Å²) in [5.41, 5.74) is 5.90. The largest absolute Gasteiger partial charge is 0.312 e. The molecule has 3 aromatic rings. The topological polar surface area (TPSA) is 54.7 Å². The molecule has 24 heavy (non-hydrogen) atoms. The number of carbonyl (C=O) groups excluding carboxylic acids is 2. The number of aryl methyl sites for hydroxylation is 1. The van der Waals surface area contributed by atoms with E-state index < -0.39 is 0 Å². The van der Waals surface area contributed by atoms with Gasteiger partial charge in [0.15, 0.2) is 6.29 Å². The minimum atomic E-state index is 0.0344. The number of nitrogens with zero attached hydrogens (tertiary/aromatic N) is 3. The van der Waals surface area contributed by atoms with Crippen molar-refractivity contribution in [3.63, 3.8) is 0 Å². The molecule has 120 valence electrons. The van der Waals surface area contributed by atoms with Gasteiger partial charge >= 0.3 is 0 Å². The van der Waals surface area contributed by atoms with E-state index in [0.29, 0.717) is 17.9 Å². The van der Waals surface area contributed by atoms with Gasteiger partial charge in [0, 0.05) is 30.9 Å². The summed E-state index contributed by atoms with van der Waals surface area (Å²) in [4.78, 5) is 29.9. The Bertz CT molecular complexity index is 988. The van der Waals surface area contributed by atoms with Gasteiger partial charge in [0.25, 0.3) is 0 Å². The molecule has 0 spiro atoms. The highest BCUT2D eigenvalue weighted by Crippen LogP contribution is 2.33. The molecule has 0 saturated carbocycles. The van der Waals surface area contributed by atoms with Crippen LogP contribution >= 0.6 is 0 Å². The number of anilines is 1. The van der Waals surface area contributed by atoms with Gasteiger partial charge in [0.2, 0.25) is 5.91 Å². The number of aromatic nitrogens is 2. The fourth-order valence-corrected chi connectivity index (χ4v) is 3.35. The van der Waals surface area contributed by atoms with Gasteiger partial charge in [-0.05, 0) is 36.6 Å². The zero-order chi connectivity index (χ0) is 16.8. The molecule has 3 heterocycles. The predicted molar refractivity (Wildman–Crippen MR) is 92.5 cm³/mol. The third-order valence-electron chi connectivity index (χ3n) is 4.55. The van der Waals surface area contributed by atoms with Crippen LogP contribution in [0.15, 0.2) is 36.5 Å². The Morgan fingerprint density at radius 1 is 1.25 bits per heavy atom. The maximum Gasteiger partial charge on any atom is 0.223 e. The second-order valence-electron chi connectivity index (χ2n) is 6.16. The molecule has 0 bridgehead atoms. The third kappa shape index (κ3) is 2.12. The Balaban J connectivity index is 1.91. The van der Waals surface area contributed by atoms with Gasteiger partial charge in [0.05, 0.1) is 0 Å². The van der Waals surface area contributed by atoms with Crippen LogP contribution in [0.2, 0.25) is 0 Å². The number of imidazole rings is 1. The molecule has 0 aliphatic carbocycles. The van der Waals surface area contributed by atoms with Gasteiger partial charge < -0.3 is 4.90 Å². The number of aldehydes is 1. The first-order valence-corrected chi connectivity index (χ1v) is 7.94. The van der Waals surface area contributed by atoms with Gasteiger partial charge in [-0.25, -0.2) is 4.98 Å². The Hall–Kier alpha value is -2.95. The number of rotatable bonds is 2. The van der Waals surface area contributed by atoms with Crippen molar-refractivity contribution >= 4 is 23.5 Å². The summed E-state index contributed by atoms with van der Waals surface area (Å²) in [6, 6.07) is 9.84. The minimum absolute atomic E-state index is 0.0344. The van der Waals surface area contributed by atoms with Crippen molar-refractivity contribution < 1.29 is 9.59 Å². The summed E-state index contributed by atoms with van der Waals surface area (Å²) in [6.07, 6.45) is 3.61. The molecule has 1 aliphatic rings. The van der Waals surface area contributed by atoms with Crippen LogP contribution < -0.4 is 4.90 Å². The van der Waals surface area contributed by atoms with E-state index in [2.05, 4.69) is 4.98 Å². The van der Waals surface area contributed by atoms with E-state index in [9.17, 15) is 9.59 Å². The maximum absolute atomic E-state index is 11.8. The summed E-state index contributed by atoms with van der Waals surface area (Å²) in [5, 5.41) is 0. The zero-order valence-corrected chi connectivity index (χ0v) is 13.6. The second-order valence-corrected chi connectivity index (χ2v) is 6.16. The zero-order valence-electron chi connectivity index (χ0n) is 13.6. The fraction of sp³-hybridized carbons (Fsp3) is 0.211. The first kappa shape index (κ1) is 14.6. The van der Waals surface area contributed by atoms with Crippen LogP contribution in [0.1, 0.15) is 28.5 Å². The van der Waals surface area contributed by atoms with E-state index in [-0.39, 0.29) is 5.91 Å². The number of hydrogen-bond acceptors (Lipinski definition) is 3. The molecule has 1 amide bonds. The number of hydrogen-bond donors (Lipinski definition) is 0. The molecule has 2 aromatic heterocycles. The van der Waals surface area contributed by atoms with Crippen LogP contribution in [0.5, 0.6) is 0 Å². The quantitative estimate of drug-likeness (QED) is 0.682. The van der Waals surface area contributed by atoms with Crippen molar-refractivity contribution in [1.29, 1.82) is 0 Å². The highest BCUT2D eigenvalue weighted by atomic mass is 16.2. The van der Waals surface area contributed by atoms with E-state index >= 15 is 0 Å². The SMILES string of the molecule is CC(=O)N1CCc2ccc(-c3nc4ccc(C)cn4c3C=O)cc21. The standard InChI is InChI=1S/C19H17N3O2/c1-12-3-6-18-20-19(17(11-23)22(18)10-12)15-5-4-14-7-8-21(13(2)24)16(14)9-15/h3-6,9-11H,7-8H2,1-2H3. The molecular weight excluding hydrogens is 302 g/mol. The van der Waals surface area contributed by atoms with Gasteiger partial charge in [-0.2, -0.15) is 0 Å². The lowest BCUT2D eigenvalue weighted by molar-refractivity contribution is -0.116. The molecule has 0 N–H and O–H groups in total. The fourth-order valence-electron chi connectivity index (χ4n) is 3.35. The lowest BCUT2D eigenvalue weighted by Gasteiger charge is -2.15. The number of carbonyl (C=O) groups is 2. The predicted octanol–water partition coefficient (Wildman–Crippen LogP) is 3.03. The normalized spacial score (nSPS) is 13.3. The average molecular weight is 319 g/mol. The molecule has 1 aliphatic heterocycles. The van der Waals surface area contributed by atoms with Gasteiger partial charge in [0.1, 0.15) is 17.0 Å². The van der Waals surface area contributed by atoms with Crippen molar-refractivity contribution in [3.8, 4) is 11.3 Å². The Morgan fingerprint density at radius 3 is 2.83 bits per heavy atom. The molecule has 0 radical (unpaired) electrons. The number of fused-ring (bicyclic) bond motifs is 2. The third-order valence-corrected chi connectivity index (χ3v) is 4.55. The lowest BCUT2D eigenvalue weighted by Crippen LogP contribution is -2.25. The summed E-state index contributed by atoms with van der Waals surface area (Å²) in [5.74, 6) is 0.0344. The van der Waals surface area contributed by atoms with Crippen LogP contribution in [-0.4, -0.2) is 28.1 Å². The van der Waals surface area contributed by atoms with Gasteiger partial charge in [-0.15, -0.1) is 0 Å². The monoisotopic (exact) mass is 319 g/mol. The molecule has 0 unspecified atom stereocenters. The summed E-state index contributed by atoms with van der Waals surface area (Å²) in [6.45, 7) is 4.26. The Morgan fingerprint density at radius 2 is 2.08 bits per heavy atom. The molecule has 5 nitrogen and oxygen atoms in total. The number of amides is 1. The molecule has 0 saturated heterocycles. The van der Waals surface area contributed by atoms with Gasteiger partial charge in [-0.1, -0.05) is 18.2 Å². The van der Waals surface area contributed by atoms with Crippen LogP contribution in [0.4, 0.5) is 5.69 Å². The first-order chi connectivity index (χ1) is 11.6. The van der Waals surface area contributed by atoms with Crippen LogP contribution in [-0.2, 0) is 11.2 Å². The van der Waals surface area contributed by atoms with Crippen molar-refractivity contribution in [2.45, 2.75) is 20.3 Å². The summed E-state index contributed by atoms with van der Waals surface area (Å²) < 4.78 is 1.81. The molecule has 5 heteroatoms. The molecule has 4 rings (SSSR count). The van der Waals surface area contributed by atoms with E-state index in [1.807, 2.05) is 47.9 Å². The molecule has 1 aromatic carbocycles. The summed E-state index contributed by atoms with van der Waals surface area (Å²) in [7, 11) is 0. The highest BCUT2D eigenvalue weighted by molar-refractivity contribution is 5.95. The average Bonchev–Trinajstić information content (AvgIpc) is 3.14. The van der Waals surface area contributed by atoms with Gasteiger partial charge in [-0.3, -0.25) is 14.0 Å². The molecule has 0 fully saturated rings. The van der Waals surface area contributed by atoms with Crippen LogP contribution in [0, 0.1) is 6.92 Å². The van der Waals surface area contributed by atoms with Crippen molar-refractivity contribution in [3.05, 3.63) is 53.3 Å². The Labute approximate surface area is 139 Å². The second kappa shape index (κ2) is 5.30. The summed E-state index contributed by atoms with van der Waals surface area (Å²) >= 11 is 0. The number of benzene rings is 1. The van der Waals surface area contributed by atoms with E-state index in [0.717, 1.165) is 40.7 Å². The van der Waals surface area contributed by atoms with Crippen LogP contribution in [0.25, 0.3) is 16.9 Å². The molecule has 0 atom stereocenters. The maximum atomic E-state index is 11.8. The van der Waals surface area contributed by atoms with E-state index in [4.69, 9.17) is 0 Å². The van der Waals surface area contributed by atoms with Crippen molar-refractivity contribution in [2.75, 3.05) is 11.4 Å². The minimum Gasteiger partial charge on any atom is -0.312 e. The van der Waals surface area contributed by atoms with Crippen LogP contribution in [0.3, 0.4) is 0 Å². The first-order valence-electron chi connectivity index (χ1n) is 7.94. The highest BCUT2D eigenvalue weighted by Gasteiger charge is 2.23. The van der Waals surface area contributed by atoms with Crippen molar-refractivity contribution in [1.82, 2.24) is 9.38 Å². The van der Waals surface area contributed by atoms with E-state index in [1.165, 1.54) is 0 Å². The lowest BCUT2D eigenvalue weighted by atomic mass is 10.1. The number of pyridine rings is 1.